The summed E-state index contributed by atoms with van der Waals surface area (Å²) in [5, 5.41) is 3.12. The first kappa shape index (κ1) is 26.6. The average molecular weight is 513 g/mol. The monoisotopic (exact) mass is 512 g/mol. The summed E-state index contributed by atoms with van der Waals surface area (Å²) in [5.41, 5.74) is 1.94. The summed E-state index contributed by atoms with van der Waals surface area (Å²) in [6, 6.07) is 20.9. The van der Waals surface area contributed by atoms with E-state index in [0.717, 1.165) is 22.6 Å². The first-order chi connectivity index (χ1) is 16.6. The molecule has 186 valence electrons. The van der Waals surface area contributed by atoms with Gasteiger partial charge in [0.05, 0.1) is 23.7 Å². The van der Waals surface area contributed by atoms with E-state index in [1.165, 1.54) is 11.4 Å². The molecule has 0 saturated carbocycles. The Balaban J connectivity index is 1.76. The minimum Gasteiger partial charge on any atom is -0.497 e. The zero-order chi connectivity index (χ0) is 25.6. The van der Waals surface area contributed by atoms with Gasteiger partial charge in [0.1, 0.15) is 5.75 Å². The van der Waals surface area contributed by atoms with Gasteiger partial charge in [-0.1, -0.05) is 26.0 Å². The summed E-state index contributed by atoms with van der Waals surface area (Å²) in [6.07, 6.45) is 2.72. The Morgan fingerprint density at radius 1 is 0.971 bits per heavy atom. The molecule has 0 aromatic heterocycles. The molecule has 0 spiro atoms. The van der Waals surface area contributed by atoms with Gasteiger partial charge in [-0.05, 0) is 84.8 Å². The second-order valence-corrected chi connectivity index (χ2v) is 11.5. The molecule has 3 aromatic rings. The van der Waals surface area contributed by atoms with Crippen LogP contribution in [0.3, 0.4) is 0 Å². The lowest BCUT2D eigenvalue weighted by Gasteiger charge is -2.22. The minimum atomic E-state index is -3.71. The van der Waals surface area contributed by atoms with Crippen molar-refractivity contribution in [1.29, 1.82) is 0 Å². The third-order valence-electron chi connectivity index (χ3n) is 5.74. The minimum absolute atomic E-state index is 0.152. The topological polar surface area (TPSA) is 75.7 Å². The first-order valence-corrected chi connectivity index (χ1v) is 14.0. The number of thioether (sulfide) groups is 1. The molecule has 0 aliphatic rings. The smallest absolute Gasteiger partial charge is 0.264 e. The Labute approximate surface area is 212 Å². The largest absolute Gasteiger partial charge is 0.497 e. The van der Waals surface area contributed by atoms with E-state index < -0.39 is 10.0 Å². The van der Waals surface area contributed by atoms with E-state index in [2.05, 4.69) is 19.2 Å². The Morgan fingerprint density at radius 2 is 1.57 bits per heavy atom. The first-order valence-electron chi connectivity index (χ1n) is 11.3. The molecule has 0 aliphatic heterocycles. The van der Waals surface area contributed by atoms with E-state index in [1.54, 1.807) is 67.4 Å². The van der Waals surface area contributed by atoms with E-state index in [-0.39, 0.29) is 16.8 Å². The van der Waals surface area contributed by atoms with Gasteiger partial charge in [-0.3, -0.25) is 9.10 Å². The van der Waals surface area contributed by atoms with Crippen molar-refractivity contribution in [3.05, 3.63) is 83.9 Å². The standard InChI is InChI=1S/C27H32N2O4S2/c1-19(2)18-26(20-8-12-23(33-4)13-9-20)28-27(30)21-6-10-22(11-7-21)29(3)35(31,32)25-16-14-24(34-5)15-17-25/h6-17,19,26H,18H2,1-5H3,(H,28,30)/t26-/m1/s1. The van der Waals surface area contributed by atoms with Crippen molar-refractivity contribution in [2.24, 2.45) is 5.92 Å². The predicted octanol–water partition coefficient (Wildman–Crippen LogP) is 5.76. The number of nitrogens with zero attached hydrogens (tertiary/aromatic N) is 1. The number of methoxy groups -OCH3 is 1. The SMILES string of the molecule is COc1ccc([C@@H](CC(C)C)NC(=O)c2ccc(N(C)S(=O)(=O)c3ccc(SC)cc3)cc2)cc1. The second kappa shape index (κ2) is 11.6. The third kappa shape index (κ3) is 6.58. The quantitative estimate of drug-likeness (QED) is 0.350. The van der Waals surface area contributed by atoms with Crippen molar-refractivity contribution in [1.82, 2.24) is 5.32 Å². The number of rotatable bonds is 10. The van der Waals surface area contributed by atoms with Gasteiger partial charge < -0.3 is 10.1 Å². The second-order valence-electron chi connectivity index (χ2n) is 8.62. The number of ether oxygens (including phenoxy) is 1. The number of nitrogens with one attached hydrogen (secondary N) is 1. The summed E-state index contributed by atoms with van der Waals surface area (Å²) in [5.74, 6) is 0.933. The molecule has 1 atom stereocenters. The molecule has 3 rings (SSSR count). The zero-order valence-electron chi connectivity index (χ0n) is 20.7. The van der Waals surface area contributed by atoms with Crippen LogP contribution in [0.1, 0.15) is 42.2 Å². The van der Waals surface area contributed by atoms with E-state index in [4.69, 9.17) is 4.74 Å². The highest BCUT2D eigenvalue weighted by Crippen LogP contribution is 2.26. The molecular formula is C27H32N2O4S2. The number of sulfonamides is 1. The number of anilines is 1. The molecule has 35 heavy (non-hydrogen) atoms. The molecule has 0 heterocycles. The van der Waals surface area contributed by atoms with Crippen molar-refractivity contribution >= 4 is 33.4 Å². The van der Waals surface area contributed by atoms with Gasteiger partial charge in [0.15, 0.2) is 0 Å². The highest BCUT2D eigenvalue weighted by molar-refractivity contribution is 7.98. The van der Waals surface area contributed by atoms with Crippen LogP contribution in [0.25, 0.3) is 0 Å². The fourth-order valence-corrected chi connectivity index (χ4v) is 5.30. The van der Waals surface area contributed by atoms with Gasteiger partial charge in [-0.25, -0.2) is 8.42 Å². The molecule has 0 aliphatic carbocycles. The molecule has 0 radical (unpaired) electrons. The van der Waals surface area contributed by atoms with Crippen molar-refractivity contribution in [3.63, 3.8) is 0 Å². The zero-order valence-corrected chi connectivity index (χ0v) is 22.3. The van der Waals surface area contributed by atoms with Gasteiger partial charge in [0, 0.05) is 17.5 Å². The summed E-state index contributed by atoms with van der Waals surface area (Å²) in [7, 11) is -0.581. The molecule has 1 N–H and O–H groups in total. The lowest BCUT2D eigenvalue weighted by molar-refractivity contribution is 0.0932. The molecule has 3 aromatic carbocycles. The van der Waals surface area contributed by atoms with E-state index >= 15 is 0 Å². The van der Waals surface area contributed by atoms with E-state index in [1.807, 2.05) is 30.5 Å². The highest BCUT2D eigenvalue weighted by Gasteiger charge is 2.22. The van der Waals surface area contributed by atoms with Crippen LogP contribution < -0.4 is 14.4 Å². The van der Waals surface area contributed by atoms with Crippen LogP contribution >= 0.6 is 11.8 Å². The Morgan fingerprint density at radius 3 is 2.09 bits per heavy atom. The highest BCUT2D eigenvalue weighted by atomic mass is 32.2. The number of hydrogen-bond acceptors (Lipinski definition) is 5. The van der Waals surface area contributed by atoms with Gasteiger partial charge in [0.2, 0.25) is 0 Å². The van der Waals surface area contributed by atoms with Gasteiger partial charge >= 0.3 is 0 Å². The van der Waals surface area contributed by atoms with E-state index in [0.29, 0.717) is 17.2 Å². The number of carbonyl (C=O) groups is 1. The molecule has 0 unspecified atom stereocenters. The lowest BCUT2D eigenvalue weighted by atomic mass is 9.96. The van der Waals surface area contributed by atoms with Gasteiger partial charge in [-0.15, -0.1) is 11.8 Å². The number of amides is 1. The predicted molar refractivity (Wildman–Crippen MR) is 143 cm³/mol. The Bertz CT molecular complexity index is 1220. The number of hydrogen-bond donors (Lipinski definition) is 1. The van der Waals surface area contributed by atoms with Crippen molar-refractivity contribution in [2.75, 3.05) is 24.7 Å². The molecule has 0 fully saturated rings. The van der Waals surface area contributed by atoms with Crippen molar-refractivity contribution in [2.45, 2.75) is 36.1 Å². The maximum atomic E-state index is 13.0. The normalized spacial score (nSPS) is 12.3. The fourth-order valence-electron chi connectivity index (χ4n) is 3.69. The van der Waals surface area contributed by atoms with Gasteiger partial charge in [-0.2, -0.15) is 0 Å². The summed E-state index contributed by atoms with van der Waals surface area (Å²) >= 11 is 1.55. The van der Waals surface area contributed by atoms with Crippen LogP contribution in [0, 0.1) is 5.92 Å². The molecule has 0 bridgehead atoms. The number of carbonyl (C=O) groups excluding carboxylic acids is 1. The molecular weight excluding hydrogens is 480 g/mol. The van der Waals surface area contributed by atoms with Crippen LogP contribution in [-0.4, -0.2) is 34.7 Å². The maximum Gasteiger partial charge on any atom is 0.264 e. The Kier molecular flexibility index (Phi) is 8.86. The Hall–Kier alpha value is -2.97. The van der Waals surface area contributed by atoms with Gasteiger partial charge in [0.25, 0.3) is 15.9 Å². The summed E-state index contributed by atoms with van der Waals surface area (Å²) < 4.78 is 32.5. The van der Waals surface area contributed by atoms with Crippen LogP contribution in [0.2, 0.25) is 0 Å². The molecule has 1 amide bonds. The van der Waals surface area contributed by atoms with Crippen LogP contribution in [0.15, 0.2) is 82.6 Å². The van der Waals surface area contributed by atoms with Crippen molar-refractivity contribution < 1.29 is 17.9 Å². The number of benzene rings is 3. The molecule has 8 heteroatoms. The lowest BCUT2D eigenvalue weighted by Crippen LogP contribution is -2.30. The summed E-state index contributed by atoms with van der Waals surface area (Å²) in [6.45, 7) is 4.23. The van der Waals surface area contributed by atoms with Crippen LogP contribution in [0.4, 0.5) is 5.69 Å². The van der Waals surface area contributed by atoms with Crippen molar-refractivity contribution in [3.8, 4) is 5.75 Å². The average Bonchev–Trinajstić information content (AvgIpc) is 2.87. The maximum absolute atomic E-state index is 13.0. The fraction of sp³-hybridized carbons (Fsp3) is 0.296. The third-order valence-corrected chi connectivity index (χ3v) is 8.28. The molecule has 6 nitrogen and oxygen atoms in total. The summed E-state index contributed by atoms with van der Waals surface area (Å²) in [4.78, 5) is 14.2. The van der Waals surface area contributed by atoms with Crippen LogP contribution in [0.5, 0.6) is 5.75 Å². The van der Waals surface area contributed by atoms with Crippen LogP contribution in [-0.2, 0) is 10.0 Å². The molecule has 0 saturated heterocycles. The van der Waals surface area contributed by atoms with E-state index in [9.17, 15) is 13.2 Å².